The maximum atomic E-state index is 12.5. The van der Waals surface area contributed by atoms with Crippen LogP contribution in [0.25, 0.3) is 6.08 Å². The van der Waals surface area contributed by atoms with Gasteiger partial charge < -0.3 is 9.47 Å². The molecule has 0 aliphatic carbocycles. The molecule has 3 rings (SSSR count). The lowest BCUT2D eigenvalue weighted by Crippen LogP contribution is -2.30. The molecule has 0 saturated carbocycles. The molecule has 26 heavy (non-hydrogen) atoms. The van der Waals surface area contributed by atoms with Gasteiger partial charge in [0.25, 0.3) is 0 Å². The van der Waals surface area contributed by atoms with Gasteiger partial charge in [-0.2, -0.15) is 0 Å². The first-order chi connectivity index (χ1) is 12.4. The van der Waals surface area contributed by atoms with Crippen LogP contribution in [-0.2, 0) is 10.0 Å². The summed E-state index contributed by atoms with van der Waals surface area (Å²) in [4.78, 5) is 0. The van der Waals surface area contributed by atoms with Crippen LogP contribution >= 0.6 is 0 Å². The van der Waals surface area contributed by atoms with Crippen LogP contribution in [0.3, 0.4) is 0 Å². The summed E-state index contributed by atoms with van der Waals surface area (Å²) in [5.74, 6) is 1.41. The van der Waals surface area contributed by atoms with Crippen LogP contribution in [0.15, 0.2) is 53.9 Å². The summed E-state index contributed by atoms with van der Waals surface area (Å²) in [7, 11) is -3.60. The number of nitrogens with one attached hydrogen (secondary N) is 1. The van der Waals surface area contributed by atoms with Crippen LogP contribution < -0.4 is 14.2 Å². The average Bonchev–Trinajstić information content (AvgIpc) is 2.65. The minimum atomic E-state index is -3.60. The Kier molecular flexibility index (Phi) is 5.64. The van der Waals surface area contributed by atoms with Gasteiger partial charge in [0.15, 0.2) is 11.5 Å². The lowest BCUT2D eigenvalue weighted by molar-refractivity contribution is 0.171. The molecule has 2 aromatic rings. The van der Waals surface area contributed by atoms with Gasteiger partial charge in [-0.25, -0.2) is 13.1 Å². The van der Waals surface area contributed by atoms with Crippen molar-refractivity contribution in [2.75, 3.05) is 13.2 Å². The summed E-state index contributed by atoms with van der Waals surface area (Å²) in [6, 6.07) is 14.5. The van der Waals surface area contributed by atoms with E-state index in [-0.39, 0.29) is 12.0 Å². The van der Waals surface area contributed by atoms with Crippen LogP contribution in [0.2, 0.25) is 0 Å². The molecule has 0 radical (unpaired) electrons. The number of sulfonamides is 1. The Morgan fingerprint density at radius 2 is 1.69 bits per heavy atom. The summed E-state index contributed by atoms with van der Waals surface area (Å²) in [5.41, 5.74) is 1.68. The largest absolute Gasteiger partial charge is 0.486 e. The lowest BCUT2D eigenvalue weighted by atomic mass is 9.97. The maximum Gasteiger partial charge on any atom is 0.234 e. The molecule has 1 aliphatic rings. The predicted octanol–water partition coefficient (Wildman–Crippen LogP) is 3.75. The van der Waals surface area contributed by atoms with Gasteiger partial charge in [-0.3, -0.25) is 0 Å². The first-order valence-corrected chi connectivity index (χ1v) is 10.1. The van der Waals surface area contributed by atoms with Gasteiger partial charge in [0.1, 0.15) is 13.2 Å². The first kappa shape index (κ1) is 18.5. The van der Waals surface area contributed by atoms with Crippen molar-refractivity contribution in [3.8, 4) is 11.5 Å². The molecule has 1 aliphatic heterocycles. The molecular formula is C20H23NO4S. The second-order valence-electron chi connectivity index (χ2n) is 6.50. The smallest absolute Gasteiger partial charge is 0.234 e. The molecule has 6 heteroatoms. The Morgan fingerprint density at radius 1 is 1.00 bits per heavy atom. The van der Waals surface area contributed by atoms with Crippen molar-refractivity contribution in [2.45, 2.75) is 19.9 Å². The zero-order chi connectivity index (χ0) is 18.6. The Bertz CT molecular complexity index is 876. The molecule has 0 fully saturated rings. The van der Waals surface area contributed by atoms with Gasteiger partial charge in [0, 0.05) is 11.4 Å². The molecular weight excluding hydrogens is 350 g/mol. The van der Waals surface area contributed by atoms with Gasteiger partial charge in [0.2, 0.25) is 10.0 Å². The van der Waals surface area contributed by atoms with Crippen LogP contribution in [0, 0.1) is 5.92 Å². The Balaban J connectivity index is 1.81. The van der Waals surface area contributed by atoms with E-state index in [0.717, 1.165) is 11.1 Å². The minimum Gasteiger partial charge on any atom is -0.486 e. The third-order valence-corrected chi connectivity index (χ3v) is 5.20. The van der Waals surface area contributed by atoms with Gasteiger partial charge >= 0.3 is 0 Å². The fourth-order valence-corrected chi connectivity index (χ4v) is 3.97. The maximum absolute atomic E-state index is 12.5. The van der Waals surface area contributed by atoms with Crippen molar-refractivity contribution in [2.24, 2.45) is 5.92 Å². The SMILES string of the molecule is CC(C)[C@H](NS(=O)(=O)/C=C/c1ccccc1)c1ccc2c(c1)OCCO2. The zero-order valence-electron chi connectivity index (χ0n) is 14.9. The highest BCUT2D eigenvalue weighted by Gasteiger charge is 2.23. The van der Waals surface area contributed by atoms with E-state index in [9.17, 15) is 8.42 Å². The van der Waals surface area contributed by atoms with E-state index in [1.807, 2.05) is 62.4 Å². The molecule has 1 atom stereocenters. The molecule has 0 amide bonds. The average molecular weight is 373 g/mol. The molecule has 0 bridgehead atoms. The quantitative estimate of drug-likeness (QED) is 0.838. The van der Waals surface area contributed by atoms with Gasteiger partial charge in [-0.1, -0.05) is 50.2 Å². The van der Waals surface area contributed by atoms with Crippen LogP contribution in [0.5, 0.6) is 11.5 Å². The van der Waals surface area contributed by atoms with Crippen molar-refractivity contribution in [3.05, 3.63) is 65.1 Å². The molecule has 138 valence electrons. The van der Waals surface area contributed by atoms with E-state index in [2.05, 4.69) is 4.72 Å². The van der Waals surface area contributed by atoms with Crippen molar-refractivity contribution < 1.29 is 17.9 Å². The fraction of sp³-hybridized carbons (Fsp3) is 0.300. The Hall–Kier alpha value is -2.31. The second-order valence-corrected chi connectivity index (χ2v) is 8.10. The van der Waals surface area contributed by atoms with E-state index in [1.165, 1.54) is 5.41 Å². The fourth-order valence-electron chi connectivity index (χ4n) is 2.79. The highest BCUT2D eigenvalue weighted by atomic mass is 32.2. The highest BCUT2D eigenvalue weighted by molar-refractivity contribution is 7.92. The molecule has 1 heterocycles. The standard InChI is InChI=1S/C20H23NO4S/c1-15(2)20(17-8-9-18-19(14-17)25-12-11-24-18)21-26(22,23)13-10-16-6-4-3-5-7-16/h3-10,13-15,20-21H,11-12H2,1-2H3/b13-10+/t20-/m0/s1. The second kappa shape index (κ2) is 7.93. The third-order valence-electron chi connectivity index (χ3n) is 4.12. The Morgan fingerprint density at radius 3 is 2.38 bits per heavy atom. The van der Waals surface area contributed by atoms with Crippen molar-refractivity contribution in [1.29, 1.82) is 0 Å². The summed E-state index contributed by atoms with van der Waals surface area (Å²) >= 11 is 0. The van der Waals surface area contributed by atoms with Crippen molar-refractivity contribution in [1.82, 2.24) is 4.72 Å². The Labute approximate surface area is 154 Å². The number of ether oxygens (including phenoxy) is 2. The zero-order valence-corrected chi connectivity index (χ0v) is 15.7. The molecule has 1 N–H and O–H groups in total. The molecule has 0 unspecified atom stereocenters. The summed E-state index contributed by atoms with van der Waals surface area (Å²) in [6.45, 7) is 4.97. The number of benzene rings is 2. The van der Waals surface area contributed by atoms with E-state index >= 15 is 0 Å². The number of fused-ring (bicyclic) bond motifs is 1. The lowest BCUT2D eigenvalue weighted by Gasteiger charge is -2.24. The van der Waals surface area contributed by atoms with E-state index in [1.54, 1.807) is 6.08 Å². The third kappa shape index (κ3) is 4.65. The molecule has 0 spiro atoms. The van der Waals surface area contributed by atoms with Crippen LogP contribution in [-0.4, -0.2) is 21.6 Å². The van der Waals surface area contributed by atoms with Gasteiger partial charge in [-0.05, 0) is 35.3 Å². The van der Waals surface area contributed by atoms with E-state index in [4.69, 9.17) is 9.47 Å². The van der Waals surface area contributed by atoms with Crippen LogP contribution in [0.4, 0.5) is 0 Å². The van der Waals surface area contributed by atoms with Gasteiger partial charge in [0.05, 0.1) is 0 Å². The first-order valence-electron chi connectivity index (χ1n) is 8.59. The van der Waals surface area contributed by atoms with Crippen molar-refractivity contribution >= 4 is 16.1 Å². The molecule has 2 aromatic carbocycles. The summed E-state index contributed by atoms with van der Waals surface area (Å²) < 4.78 is 39.0. The molecule has 5 nitrogen and oxygen atoms in total. The number of hydrogen-bond donors (Lipinski definition) is 1. The van der Waals surface area contributed by atoms with Crippen LogP contribution in [0.1, 0.15) is 31.0 Å². The highest BCUT2D eigenvalue weighted by Crippen LogP contribution is 2.34. The number of rotatable bonds is 6. The predicted molar refractivity (Wildman–Crippen MR) is 103 cm³/mol. The van der Waals surface area contributed by atoms with Gasteiger partial charge in [-0.15, -0.1) is 0 Å². The molecule has 0 aromatic heterocycles. The normalized spacial score (nSPS) is 15.3. The monoisotopic (exact) mass is 373 g/mol. The summed E-state index contributed by atoms with van der Waals surface area (Å²) in [6.07, 6.45) is 1.59. The van der Waals surface area contributed by atoms with E-state index in [0.29, 0.717) is 24.7 Å². The topological polar surface area (TPSA) is 64.6 Å². The van der Waals surface area contributed by atoms with Crippen molar-refractivity contribution in [3.63, 3.8) is 0 Å². The molecule has 0 saturated heterocycles. The van der Waals surface area contributed by atoms with E-state index < -0.39 is 10.0 Å². The summed E-state index contributed by atoms with van der Waals surface area (Å²) in [5, 5.41) is 1.20. The minimum absolute atomic E-state index is 0.0671. The number of hydrogen-bond acceptors (Lipinski definition) is 4.